The zero-order chi connectivity index (χ0) is 13.3. The Labute approximate surface area is 111 Å². The SMILES string of the molecule is CC1CCC(N)CC1C(=O)N1CCCC(C)(C)C1. The molecule has 0 aromatic carbocycles. The van der Waals surface area contributed by atoms with E-state index in [-0.39, 0.29) is 17.4 Å². The lowest BCUT2D eigenvalue weighted by Crippen LogP contribution is -2.49. The largest absolute Gasteiger partial charge is 0.342 e. The molecule has 1 heterocycles. The predicted molar refractivity (Wildman–Crippen MR) is 74.1 cm³/mol. The van der Waals surface area contributed by atoms with Crippen molar-refractivity contribution in [2.75, 3.05) is 13.1 Å². The number of carbonyl (C=O) groups is 1. The van der Waals surface area contributed by atoms with Gasteiger partial charge in [-0.05, 0) is 43.4 Å². The molecule has 1 saturated heterocycles. The molecule has 3 atom stereocenters. The standard InChI is InChI=1S/C15H28N2O/c1-11-5-6-12(16)9-13(11)14(18)17-8-4-7-15(2,3)10-17/h11-13H,4-10,16H2,1-3H3. The minimum absolute atomic E-state index is 0.169. The van der Waals surface area contributed by atoms with Gasteiger partial charge in [0.15, 0.2) is 0 Å². The van der Waals surface area contributed by atoms with Crippen molar-refractivity contribution >= 4 is 5.91 Å². The maximum absolute atomic E-state index is 12.7. The van der Waals surface area contributed by atoms with Gasteiger partial charge in [-0.25, -0.2) is 0 Å². The summed E-state index contributed by atoms with van der Waals surface area (Å²) in [5, 5.41) is 0. The number of carbonyl (C=O) groups excluding carboxylic acids is 1. The average Bonchev–Trinajstić information content (AvgIpc) is 2.30. The summed E-state index contributed by atoms with van der Waals surface area (Å²) in [5.74, 6) is 1.04. The van der Waals surface area contributed by atoms with Crippen molar-refractivity contribution in [1.29, 1.82) is 0 Å². The third-order valence-electron chi connectivity index (χ3n) is 4.77. The van der Waals surface area contributed by atoms with Crippen molar-refractivity contribution in [3.05, 3.63) is 0 Å². The molecular weight excluding hydrogens is 224 g/mol. The van der Waals surface area contributed by atoms with Crippen molar-refractivity contribution in [3.8, 4) is 0 Å². The number of likely N-dealkylation sites (tertiary alicyclic amines) is 1. The zero-order valence-corrected chi connectivity index (χ0v) is 12.1. The normalized spacial score (nSPS) is 36.4. The fourth-order valence-electron chi connectivity index (χ4n) is 3.54. The topological polar surface area (TPSA) is 46.3 Å². The van der Waals surface area contributed by atoms with Gasteiger partial charge in [0.05, 0.1) is 0 Å². The molecule has 0 bridgehead atoms. The number of amides is 1. The third kappa shape index (κ3) is 3.05. The van der Waals surface area contributed by atoms with E-state index in [0.29, 0.717) is 11.8 Å². The highest BCUT2D eigenvalue weighted by Crippen LogP contribution is 2.34. The van der Waals surface area contributed by atoms with Gasteiger partial charge in [0.25, 0.3) is 0 Å². The van der Waals surface area contributed by atoms with Gasteiger partial charge in [0.2, 0.25) is 5.91 Å². The van der Waals surface area contributed by atoms with Crippen LogP contribution in [0.15, 0.2) is 0 Å². The Morgan fingerprint density at radius 1 is 1.33 bits per heavy atom. The molecule has 1 aliphatic carbocycles. The second kappa shape index (κ2) is 5.20. The Balaban J connectivity index is 2.01. The molecule has 3 unspecified atom stereocenters. The summed E-state index contributed by atoms with van der Waals surface area (Å²) in [7, 11) is 0. The Morgan fingerprint density at radius 2 is 2.06 bits per heavy atom. The predicted octanol–water partition coefficient (Wildman–Crippen LogP) is 2.40. The number of piperidine rings is 1. The fourth-order valence-corrected chi connectivity index (χ4v) is 3.54. The van der Waals surface area contributed by atoms with E-state index in [1.54, 1.807) is 0 Å². The third-order valence-corrected chi connectivity index (χ3v) is 4.77. The Morgan fingerprint density at radius 3 is 2.72 bits per heavy atom. The first-order chi connectivity index (χ1) is 8.39. The highest BCUT2D eigenvalue weighted by molar-refractivity contribution is 5.79. The van der Waals surface area contributed by atoms with Gasteiger partial charge in [-0.15, -0.1) is 0 Å². The van der Waals surface area contributed by atoms with Crippen LogP contribution in [-0.4, -0.2) is 29.9 Å². The van der Waals surface area contributed by atoms with Crippen LogP contribution in [-0.2, 0) is 4.79 Å². The molecule has 2 N–H and O–H groups in total. The molecule has 0 aromatic heterocycles. The van der Waals surface area contributed by atoms with E-state index < -0.39 is 0 Å². The van der Waals surface area contributed by atoms with Crippen molar-refractivity contribution in [1.82, 2.24) is 4.90 Å². The molecule has 1 aliphatic heterocycles. The van der Waals surface area contributed by atoms with Crippen LogP contribution < -0.4 is 5.73 Å². The van der Waals surface area contributed by atoms with Crippen LogP contribution in [0.4, 0.5) is 0 Å². The number of rotatable bonds is 1. The monoisotopic (exact) mass is 252 g/mol. The van der Waals surface area contributed by atoms with Crippen molar-refractivity contribution in [3.63, 3.8) is 0 Å². The molecule has 2 fully saturated rings. The second-order valence-electron chi connectivity index (χ2n) is 7.18. The van der Waals surface area contributed by atoms with Crippen LogP contribution in [0.2, 0.25) is 0 Å². The lowest BCUT2D eigenvalue weighted by atomic mass is 9.76. The number of nitrogens with two attached hydrogens (primary N) is 1. The lowest BCUT2D eigenvalue weighted by Gasteiger charge is -2.42. The van der Waals surface area contributed by atoms with E-state index in [9.17, 15) is 4.79 Å². The van der Waals surface area contributed by atoms with Gasteiger partial charge < -0.3 is 10.6 Å². The van der Waals surface area contributed by atoms with Gasteiger partial charge in [-0.3, -0.25) is 4.79 Å². The summed E-state index contributed by atoms with van der Waals surface area (Å²) in [5.41, 5.74) is 6.32. The van der Waals surface area contributed by atoms with E-state index in [2.05, 4.69) is 25.7 Å². The van der Waals surface area contributed by atoms with Crippen LogP contribution in [0, 0.1) is 17.3 Å². The molecular formula is C15H28N2O. The van der Waals surface area contributed by atoms with Crippen LogP contribution >= 0.6 is 0 Å². The first kappa shape index (κ1) is 13.9. The molecule has 2 rings (SSSR count). The highest BCUT2D eigenvalue weighted by atomic mass is 16.2. The summed E-state index contributed by atoms with van der Waals surface area (Å²) >= 11 is 0. The van der Waals surface area contributed by atoms with Gasteiger partial charge in [0.1, 0.15) is 0 Å². The Hall–Kier alpha value is -0.570. The van der Waals surface area contributed by atoms with E-state index in [0.717, 1.165) is 38.8 Å². The number of hydrogen-bond acceptors (Lipinski definition) is 2. The molecule has 2 aliphatic rings. The molecule has 3 nitrogen and oxygen atoms in total. The van der Waals surface area contributed by atoms with Crippen LogP contribution in [0.1, 0.15) is 52.9 Å². The fraction of sp³-hybridized carbons (Fsp3) is 0.933. The molecule has 0 spiro atoms. The summed E-state index contributed by atoms with van der Waals surface area (Å²) in [6, 6.07) is 0.230. The number of nitrogens with zero attached hydrogens (tertiary/aromatic N) is 1. The average molecular weight is 252 g/mol. The first-order valence-electron chi connectivity index (χ1n) is 7.43. The molecule has 1 amide bonds. The quantitative estimate of drug-likeness (QED) is 0.779. The smallest absolute Gasteiger partial charge is 0.226 e. The summed E-state index contributed by atoms with van der Waals surface area (Å²) in [6.45, 7) is 8.61. The van der Waals surface area contributed by atoms with Crippen LogP contribution in [0.3, 0.4) is 0 Å². The van der Waals surface area contributed by atoms with Crippen LogP contribution in [0.5, 0.6) is 0 Å². The van der Waals surface area contributed by atoms with E-state index in [4.69, 9.17) is 5.73 Å². The number of hydrogen-bond donors (Lipinski definition) is 1. The van der Waals surface area contributed by atoms with Gasteiger partial charge in [-0.2, -0.15) is 0 Å². The molecule has 0 aromatic rings. The first-order valence-corrected chi connectivity index (χ1v) is 7.43. The summed E-state index contributed by atoms with van der Waals surface area (Å²) in [6.07, 6.45) is 5.45. The van der Waals surface area contributed by atoms with Crippen molar-refractivity contribution in [2.45, 2.75) is 58.9 Å². The highest BCUT2D eigenvalue weighted by Gasteiger charge is 2.37. The summed E-state index contributed by atoms with van der Waals surface area (Å²) < 4.78 is 0. The summed E-state index contributed by atoms with van der Waals surface area (Å²) in [4.78, 5) is 14.8. The Bertz CT molecular complexity index is 314. The van der Waals surface area contributed by atoms with E-state index in [1.165, 1.54) is 6.42 Å². The molecule has 104 valence electrons. The second-order valence-corrected chi connectivity index (χ2v) is 7.18. The van der Waals surface area contributed by atoms with Gasteiger partial charge >= 0.3 is 0 Å². The Kier molecular flexibility index (Phi) is 4.00. The van der Waals surface area contributed by atoms with Crippen LogP contribution in [0.25, 0.3) is 0 Å². The zero-order valence-electron chi connectivity index (χ0n) is 12.1. The molecule has 0 radical (unpaired) electrons. The molecule has 1 saturated carbocycles. The molecule has 3 heteroatoms. The molecule has 18 heavy (non-hydrogen) atoms. The minimum Gasteiger partial charge on any atom is -0.342 e. The lowest BCUT2D eigenvalue weighted by molar-refractivity contribution is -0.141. The maximum Gasteiger partial charge on any atom is 0.226 e. The maximum atomic E-state index is 12.7. The van der Waals surface area contributed by atoms with E-state index in [1.807, 2.05) is 0 Å². The van der Waals surface area contributed by atoms with Gasteiger partial charge in [-0.1, -0.05) is 20.8 Å². The van der Waals surface area contributed by atoms with Gasteiger partial charge in [0, 0.05) is 25.0 Å². The van der Waals surface area contributed by atoms with Crippen molar-refractivity contribution in [2.24, 2.45) is 23.0 Å². The minimum atomic E-state index is 0.169. The van der Waals surface area contributed by atoms with Crippen molar-refractivity contribution < 1.29 is 4.79 Å². The van der Waals surface area contributed by atoms with E-state index >= 15 is 0 Å².